The van der Waals surface area contributed by atoms with Gasteiger partial charge in [-0.2, -0.15) is 0 Å². The Morgan fingerprint density at radius 1 is 1.27 bits per heavy atom. The number of halogens is 3. The summed E-state index contributed by atoms with van der Waals surface area (Å²) in [5, 5.41) is 0.864. The van der Waals surface area contributed by atoms with Crippen LogP contribution >= 0.6 is 35.6 Å². The van der Waals surface area contributed by atoms with Crippen molar-refractivity contribution in [3.8, 4) is 0 Å². The largest absolute Gasteiger partial charge is 0.378 e. The van der Waals surface area contributed by atoms with Crippen LogP contribution in [-0.2, 0) is 4.74 Å². The SMILES string of the molecule is Cl.NCCCOC1CCN(C(=O)c2ccc(Cl)c(Cl)c2)CC1. The molecule has 0 spiro atoms. The number of carbonyl (C=O) groups is 1. The molecule has 1 heterocycles. The molecular formula is C15H21Cl3N2O2. The molecule has 4 nitrogen and oxygen atoms in total. The molecule has 7 heteroatoms. The summed E-state index contributed by atoms with van der Waals surface area (Å²) >= 11 is 11.8. The summed E-state index contributed by atoms with van der Waals surface area (Å²) in [6.45, 7) is 2.75. The number of benzene rings is 1. The first-order valence-electron chi connectivity index (χ1n) is 7.18. The van der Waals surface area contributed by atoms with E-state index in [4.69, 9.17) is 33.7 Å². The Kier molecular flexibility index (Phi) is 8.50. The Morgan fingerprint density at radius 2 is 1.95 bits per heavy atom. The van der Waals surface area contributed by atoms with Crippen LogP contribution in [-0.4, -0.2) is 43.2 Å². The summed E-state index contributed by atoms with van der Waals surface area (Å²) in [6.07, 6.45) is 2.83. The minimum Gasteiger partial charge on any atom is -0.378 e. The lowest BCUT2D eigenvalue weighted by molar-refractivity contribution is 0.00845. The van der Waals surface area contributed by atoms with Gasteiger partial charge in [-0.25, -0.2) is 0 Å². The maximum atomic E-state index is 12.4. The highest BCUT2D eigenvalue weighted by Gasteiger charge is 2.24. The molecule has 2 rings (SSSR count). The zero-order valence-corrected chi connectivity index (χ0v) is 14.6. The summed E-state index contributed by atoms with van der Waals surface area (Å²) in [5.74, 6) is -0.00558. The van der Waals surface area contributed by atoms with E-state index in [1.54, 1.807) is 18.2 Å². The maximum absolute atomic E-state index is 12.4. The first kappa shape index (κ1) is 19.5. The van der Waals surface area contributed by atoms with Crippen LogP contribution in [0.1, 0.15) is 29.6 Å². The molecule has 1 fully saturated rings. The molecule has 0 aliphatic carbocycles. The third-order valence-corrected chi connectivity index (χ3v) is 4.34. The van der Waals surface area contributed by atoms with Gasteiger partial charge in [0.2, 0.25) is 0 Å². The average molecular weight is 368 g/mol. The second-order valence-electron chi connectivity index (χ2n) is 5.13. The minimum atomic E-state index is -0.00558. The second-order valence-corrected chi connectivity index (χ2v) is 5.95. The molecular weight excluding hydrogens is 347 g/mol. The van der Waals surface area contributed by atoms with E-state index in [1.165, 1.54) is 0 Å². The zero-order chi connectivity index (χ0) is 15.2. The van der Waals surface area contributed by atoms with Crippen molar-refractivity contribution >= 4 is 41.5 Å². The highest BCUT2D eigenvalue weighted by atomic mass is 35.5. The molecule has 1 aromatic rings. The van der Waals surface area contributed by atoms with Crippen molar-refractivity contribution in [2.75, 3.05) is 26.2 Å². The van der Waals surface area contributed by atoms with Crippen molar-refractivity contribution in [2.24, 2.45) is 5.73 Å². The van der Waals surface area contributed by atoms with Crippen LogP contribution in [0.3, 0.4) is 0 Å². The first-order chi connectivity index (χ1) is 10.1. The summed E-state index contributed by atoms with van der Waals surface area (Å²) in [7, 11) is 0. The zero-order valence-electron chi connectivity index (χ0n) is 12.3. The quantitative estimate of drug-likeness (QED) is 0.812. The molecule has 0 bridgehead atoms. The second kappa shape index (κ2) is 9.58. The fourth-order valence-corrected chi connectivity index (χ4v) is 2.67. The van der Waals surface area contributed by atoms with Crippen LogP contribution in [0.4, 0.5) is 0 Å². The minimum absolute atomic E-state index is 0. The molecule has 0 atom stereocenters. The van der Waals surface area contributed by atoms with Gasteiger partial charge in [-0.1, -0.05) is 23.2 Å². The Balaban J connectivity index is 0.00000242. The van der Waals surface area contributed by atoms with Crippen molar-refractivity contribution in [3.63, 3.8) is 0 Å². The number of likely N-dealkylation sites (tertiary alicyclic amines) is 1. The Hall–Kier alpha value is -0.520. The molecule has 22 heavy (non-hydrogen) atoms. The number of ether oxygens (including phenoxy) is 1. The number of hydrogen-bond acceptors (Lipinski definition) is 3. The summed E-state index contributed by atoms with van der Waals surface area (Å²) < 4.78 is 5.74. The number of piperidine rings is 1. The smallest absolute Gasteiger partial charge is 0.253 e. The van der Waals surface area contributed by atoms with E-state index in [-0.39, 0.29) is 24.4 Å². The van der Waals surface area contributed by atoms with Gasteiger partial charge in [0.1, 0.15) is 0 Å². The lowest BCUT2D eigenvalue weighted by Gasteiger charge is -2.32. The fourth-order valence-electron chi connectivity index (χ4n) is 2.37. The van der Waals surface area contributed by atoms with E-state index in [0.29, 0.717) is 41.8 Å². The lowest BCUT2D eigenvalue weighted by Crippen LogP contribution is -2.41. The van der Waals surface area contributed by atoms with E-state index in [0.717, 1.165) is 19.3 Å². The van der Waals surface area contributed by atoms with E-state index in [2.05, 4.69) is 0 Å². The van der Waals surface area contributed by atoms with Crippen molar-refractivity contribution in [3.05, 3.63) is 33.8 Å². The number of carbonyl (C=O) groups excluding carboxylic acids is 1. The predicted octanol–water partition coefficient (Wildman–Crippen LogP) is 3.39. The average Bonchev–Trinajstić information content (AvgIpc) is 2.50. The van der Waals surface area contributed by atoms with Crippen LogP contribution in [0, 0.1) is 0 Å². The summed E-state index contributed by atoms with van der Waals surface area (Å²) in [6, 6.07) is 4.98. The molecule has 124 valence electrons. The van der Waals surface area contributed by atoms with E-state index < -0.39 is 0 Å². The molecule has 0 unspecified atom stereocenters. The predicted molar refractivity (Wildman–Crippen MR) is 92.3 cm³/mol. The summed E-state index contributed by atoms with van der Waals surface area (Å²) in [4.78, 5) is 14.2. The first-order valence-corrected chi connectivity index (χ1v) is 7.93. The fraction of sp³-hybridized carbons (Fsp3) is 0.533. The van der Waals surface area contributed by atoms with Crippen LogP contribution < -0.4 is 5.73 Å². The Bertz CT molecular complexity index is 492. The topological polar surface area (TPSA) is 55.6 Å². The van der Waals surface area contributed by atoms with Gasteiger partial charge in [-0.05, 0) is 44.0 Å². The van der Waals surface area contributed by atoms with Gasteiger partial charge in [-0.3, -0.25) is 4.79 Å². The normalized spacial score (nSPS) is 15.5. The Morgan fingerprint density at radius 3 is 2.55 bits per heavy atom. The van der Waals surface area contributed by atoms with E-state index in [9.17, 15) is 4.79 Å². The molecule has 1 aliphatic rings. The van der Waals surface area contributed by atoms with Crippen LogP contribution in [0.5, 0.6) is 0 Å². The van der Waals surface area contributed by atoms with Crippen molar-refractivity contribution in [1.29, 1.82) is 0 Å². The number of amides is 1. The molecule has 1 aliphatic heterocycles. The van der Waals surface area contributed by atoms with Crippen LogP contribution in [0.25, 0.3) is 0 Å². The molecule has 1 amide bonds. The van der Waals surface area contributed by atoms with Gasteiger partial charge >= 0.3 is 0 Å². The monoisotopic (exact) mass is 366 g/mol. The van der Waals surface area contributed by atoms with E-state index >= 15 is 0 Å². The van der Waals surface area contributed by atoms with Crippen LogP contribution in [0.2, 0.25) is 10.0 Å². The molecule has 2 N–H and O–H groups in total. The molecule has 1 saturated heterocycles. The Labute approximate surface area is 147 Å². The third kappa shape index (κ3) is 5.28. The lowest BCUT2D eigenvalue weighted by atomic mass is 10.1. The van der Waals surface area contributed by atoms with Crippen molar-refractivity contribution in [1.82, 2.24) is 4.90 Å². The molecule has 1 aromatic carbocycles. The van der Waals surface area contributed by atoms with Crippen molar-refractivity contribution in [2.45, 2.75) is 25.4 Å². The van der Waals surface area contributed by atoms with Gasteiger partial charge < -0.3 is 15.4 Å². The van der Waals surface area contributed by atoms with Gasteiger partial charge in [0.05, 0.1) is 16.1 Å². The number of rotatable bonds is 5. The van der Waals surface area contributed by atoms with Gasteiger partial charge in [-0.15, -0.1) is 12.4 Å². The van der Waals surface area contributed by atoms with Gasteiger partial charge in [0.15, 0.2) is 0 Å². The maximum Gasteiger partial charge on any atom is 0.253 e. The van der Waals surface area contributed by atoms with Gasteiger partial charge in [0.25, 0.3) is 5.91 Å². The summed E-state index contributed by atoms with van der Waals surface area (Å²) in [5.41, 5.74) is 6.02. The number of nitrogens with two attached hydrogens (primary N) is 1. The van der Waals surface area contributed by atoms with Crippen molar-refractivity contribution < 1.29 is 9.53 Å². The number of nitrogens with zero attached hydrogens (tertiary/aromatic N) is 1. The standard InChI is InChI=1S/C15H20Cl2N2O2.ClH/c16-13-3-2-11(10-14(13)17)15(20)19-7-4-12(5-8-19)21-9-1-6-18;/h2-3,10,12H,1,4-9,18H2;1H. The number of hydrogen-bond donors (Lipinski definition) is 1. The highest BCUT2D eigenvalue weighted by Crippen LogP contribution is 2.24. The molecule has 0 radical (unpaired) electrons. The molecule has 0 aromatic heterocycles. The van der Waals surface area contributed by atoms with E-state index in [1.807, 2.05) is 4.90 Å². The highest BCUT2D eigenvalue weighted by molar-refractivity contribution is 6.42. The third-order valence-electron chi connectivity index (χ3n) is 3.60. The van der Waals surface area contributed by atoms with Crippen LogP contribution in [0.15, 0.2) is 18.2 Å². The van der Waals surface area contributed by atoms with Gasteiger partial charge in [0, 0.05) is 25.3 Å². The molecule has 0 saturated carbocycles.